The Morgan fingerprint density at radius 2 is 2.33 bits per heavy atom. The maximum Gasteiger partial charge on any atom is 0.335 e. The van der Waals surface area contributed by atoms with Gasteiger partial charge in [0.15, 0.2) is 5.16 Å². The minimum Gasteiger partial charge on any atom is -0.478 e. The molecule has 0 aliphatic rings. The van der Waals surface area contributed by atoms with Crippen LogP contribution < -0.4 is 0 Å². The zero-order chi connectivity index (χ0) is 13.1. The van der Waals surface area contributed by atoms with Gasteiger partial charge in [-0.15, -0.1) is 10.2 Å². The number of thioether (sulfide) groups is 1. The smallest absolute Gasteiger partial charge is 0.335 e. The monoisotopic (exact) mass is 267 g/mol. The molecule has 2 aromatic rings. The molecule has 0 aliphatic carbocycles. The molecule has 1 heterocycles. The number of aryl methyl sites for hydroxylation is 1. The van der Waals surface area contributed by atoms with Crippen LogP contribution in [-0.4, -0.2) is 25.8 Å². The van der Waals surface area contributed by atoms with Crippen molar-refractivity contribution < 1.29 is 14.3 Å². The van der Waals surface area contributed by atoms with Gasteiger partial charge in [-0.3, -0.25) is 0 Å². The molecule has 0 unspecified atom stereocenters. The molecular weight excluding hydrogens is 257 g/mol. The number of halogens is 1. The number of hydrogen-bond acceptors (Lipinski definition) is 4. The maximum atomic E-state index is 13.5. The molecule has 18 heavy (non-hydrogen) atoms. The molecule has 2 rings (SSSR count). The molecule has 1 aromatic carbocycles. The predicted octanol–water partition coefficient (Wildman–Crippen LogP) is 1.94. The van der Waals surface area contributed by atoms with E-state index in [9.17, 15) is 9.18 Å². The Morgan fingerprint density at radius 3 is 2.94 bits per heavy atom. The van der Waals surface area contributed by atoms with Gasteiger partial charge in [0.05, 0.1) is 5.56 Å². The second-order valence-electron chi connectivity index (χ2n) is 3.62. The number of carboxylic acids is 1. The SMILES string of the molecule is Cn1cnnc1SCc1cc(C(=O)O)ccc1F. The number of nitrogens with zero attached hydrogens (tertiary/aromatic N) is 3. The number of carboxylic acid groups (broad SMARTS) is 1. The summed E-state index contributed by atoms with van der Waals surface area (Å²) in [6.07, 6.45) is 1.55. The number of rotatable bonds is 4. The van der Waals surface area contributed by atoms with Crippen molar-refractivity contribution in [3.8, 4) is 0 Å². The average Bonchev–Trinajstić information content (AvgIpc) is 2.73. The lowest BCUT2D eigenvalue weighted by atomic mass is 10.1. The molecule has 0 saturated heterocycles. The van der Waals surface area contributed by atoms with Crippen LogP contribution in [0.15, 0.2) is 29.7 Å². The molecule has 0 radical (unpaired) electrons. The summed E-state index contributed by atoms with van der Waals surface area (Å²) in [5, 5.41) is 17.1. The highest BCUT2D eigenvalue weighted by molar-refractivity contribution is 7.98. The minimum atomic E-state index is -1.07. The number of hydrogen-bond donors (Lipinski definition) is 1. The Balaban J connectivity index is 2.16. The van der Waals surface area contributed by atoms with E-state index in [2.05, 4.69) is 10.2 Å². The van der Waals surface area contributed by atoms with Crippen molar-refractivity contribution in [3.63, 3.8) is 0 Å². The number of aromatic carboxylic acids is 1. The van der Waals surface area contributed by atoms with Gasteiger partial charge >= 0.3 is 5.97 Å². The van der Waals surface area contributed by atoms with Crippen molar-refractivity contribution in [2.45, 2.75) is 10.9 Å². The first-order valence-corrected chi connectivity index (χ1v) is 6.05. The lowest BCUT2D eigenvalue weighted by Gasteiger charge is -2.04. The fourth-order valence-corrected chi connectivity index (χ4v) is 2.23. The van der Waals surface area contributed by atoms with Gasteiger partial charge in [0.1, 0.15) is 12.1 Å². The summed E-state index contributed by atoms with van der Waals surface area (Å²) in [5.41, 5.74) is 0.410. The van der Waals surface area contributed by atoms with Crippen LogP contribution in [0.5, 0.6) is 0 Å². The predicted molar refractivity (Wildman–Crippen MR) is 63.9 cm³/mol. The van der Waals surface area contributed by atoms with E-state index in [-0.39, 0.29) is 5.56 Å². The molecular formula is C11H10FN3O2S. The quantitative estimate of drug-likeness (QED) is 0.857. The van der Waals surface area contributed by atoms with Crippen LogP contribution in [0, 0.1) is 5.82 Å². The Labute approximate surface area is 107 Å². The van der Waals surface area contributed by atoms with Gasteiger partial charge in [0, 0.05) is 12.8 Å². The molecule has 94 valence electrons. The van der Waals surface area contributed by atoms with Gasteiger partial charge in [0.25, 0.3) is 0 Å². The van der Waals surface area contributed by atoms with Crippen LogP contribution in [0.1, 0.15) is 15.9 Å². The first-order chi connectivity index (χ1) is 8.58. The Hall–Kier alpha value is -1.89. The Bertz CT molecular complexity index is 585. The number of aromatic nitrogens is 3. The zero-order valence-corrected chi connectivity index (χ0v) is 10.3. The van der Waals surface area contributed by atoms with Gasteiger partial charge < -0.3 is 9.67 Å². The summed E-state index contributed by atoms with van der Waals surface area (Å²) in [6.45, 7) is 0. The largest absolute Gasteiger partial charge is 0.478 e. The average molecular weight is 267 g/mol. The number of carbonyl (C=O) groups is 1. The van der Waals surface area contributed by atoms with E-state index < -0.39 is 11.8 Å². The fraction of sp³-hybridized carbons (Fsp3) is 0.182. The highest BCUT2D eigenvalue weighted by Crippen LogP contribution is 2.22. The van der Waals surface area contributed by atoms with Crippen LogP contribution in [0.3, 0.4) is 0 Å². The molecule has 0 saturated carbocycles. The van der Waals surface area contributed by atoms with Crippen molar-refractivity contribution in [1.29, 1.82) is 0 Å². The summed E-state index contributed by atoms with van der Waals surface area (Å²) in [6, 6.07) is 3.74. The van der Waals surface area contributed by atoms with E-state index >= 15 is 0 Å². The number of benzene rings is 1. The zero-order valence-electron chi connectivity index (χ0n) is 9.50. The van der Waals surface area contributed by atoms with Crippen molar-refractivity contribution in [2.24, 2.45) is 7.05 Å². The summed E-state index contributed by atoms with van der Waals surface area (Å²) in [4.78, 5) is 10.8. The fourth-order valence-electron chi connectivity index (χ4n) is 1.36. The van der Waals surface area contributed by atoms with Crippen LogP contribution in [-0.2, 0) is 12.8 Å². The molecule has 5 nitrogen and oxygen atoms in total. The topological polar surface area (TPSA) is 68.0 Å². The molecule has 0 fully saturated rings. The highest BCUT2D eigenvalue weighted by Gasteiger charge is 2.10. The van der Waals surface area contributed by atoms with E-state index in [1.165, 1.54) is 23.9 Å². The van der Waals surface area contributed by atoms with E-state index in [4.69, 9.17) is 5.11 Å². The van der Waals surface area contributed by atoms with Gasteiger partial charge in [-0.1, -0.05) is 11.8 Å². The standard InChI is InChI=1S/C11H10FN3O2S/c1-15-6-13-14-11(15)18-5-8-4-7(10(16)17)2-3-9(8)12/h2-4,6H,5H2,1H3,(H,16,17). The van der Waals surface area contributed by atoms with Crippen LogP contribution in [0.25, 0.3) is 0 Å². The van der Waals surface area contributed by atoms with Gasteiger partial charge in [0.2, 0.25) is 0 Å². The summed E-state index contributed by atoms with van der Waals surface area (Å²) >= 11 is 1.30. The third-order valence-electron chi connectivity index (χ3n) is 2.32. The maximum absolute atomic E-state index is 13.5. The van der Waals surface area contributed by atoms with Crippen molar-refractivity contribution >= 4 is 17.7 Å². The van der Waals surface area contributed by atoms with E-state index in [1.807, 2.05) is 0 Å². The van der Waals surface area contributed by atoms with E-state index in [1.54, 1.807) is 17.9 Å². The van der Waals surface area contributed by atoms with Crippen molar-refractivity contribution in [2.75, 3.05) is 0 Å². The molecule has 1 aromatic heterocycles. The van der Waals surface area contributed by atoms with Crippen molar-refractivity contribution in [1.82, 2.24) is 14.8 Å². The molecule has 0 amide bonds. The molecule has 0 bridgehead atoms. The van der Waals surface area contributed by atoms with Crippen LogP contribution >= 0.6 is 11.8 Å². The van der Waals surface area contributed by atoms with Crippen LogP contribution in [0.4, 0.5) is 4.39 Å². The molecule has 0 aliphatic heterocycles. The first-order valence-electron chi connectivity index (χ1n) is 5.06. The van der Waals surface area contributed by atoms with Gasteiger partial charge in [-0.2, -0.15) is 0 Å². The molecule has 1 N–H and O–H groups in total. The summed E-state index contributed by atoms with van der Waals surface area (Å²) < 4.78 is 15.2. The van der Waals surface area contributed by atoms with Gasteiger partial charge in [-0.25, -0.2) is 9.18 Å². The first kappa shape index (κ1) is 12.6. The lowest BCUT2D eigenvalue weighted by Crippen LogP contribution is -1.99. The highest BCUT2D eigenvalue weighted by atomic mass is 32.2. The van der Waals surface area contributed by atoms with E-state index in [0.29, 0.717) is 16.5 Å². The second-order valence-corrected chi connectivity index (χ2v) is 4.57. The molecule has 7 heteroatoms. The third kappa shape index (κ3) is 2.67. The molecule has 0 atom stereocenters. The van der Waals surface area contributed by atoms with Crippen LogP contribution in [0.2, 0.25) is 0 Å². The summed E-state index contributed by atoms with van der Waals surface area (Å²) in [7, 11) is 1.78. The van der Waals surface area contributed by atoms with Crippen molar-refractivity contribution in [3.05, 3.63) is 41.5 Å². The Morgan fingerprint density at radius 1 is 1.56 bits per heavy atom. The Kier molecular flexibility index (Phi) is 3.61. The normalized spacial score (nSPS) is 10.6. The molecule has 0 spiro atoms. The van der Waals surface area contributed by atoms with E-state index in [0.717, 1.165) is 6.07 Å². The third-order valence-corrected chi connectivity index (χ3v) is 3.40. The second kappa shape index (κ2) is 5.18. The summed E-state index contributed by atoms with van der Waals surface area (Å²) in [5.74, 6) is -1.19. The van der Waals surface area contributed by atoms with Gasteiger partial charge in [-0.05, 0) is 23.8 Å². The lowest BCUT2D eigenvalue weighted by molar-refractivity contribution is 0.0696. The minimum absolute atomic E-state index is 0.0740.